The van der Waals surface area contributed by atoms with E-state index in [-0.39, 0.29) is 11.4 Å². The van der Waals surface area contributed by atoms with Gasteiger partial charge in [0.25, 0.3) is 5.91 Å². The Labute approximate surface area is 194 Å². The zero-order chi connectivity index (χ0) is 22.9. The lowest BCUT2D eigenvalue weighted by Crippen LogP contribution is -2.14. The van der Waals surface area contributed by atoms with Gasteiger partial charge in [0.1, 0.15) is 16.9 Å². The predicted molar refractivity (Wildman–Crippen MR) is 133 cm³/mol. The lowest BCUT2D eigenvalue weighted by molar-refractivity contribution is 0.102. The molecule has 2 aromatic heterocycles. The minimum absolute atomic E-state index is 0.149. The van der Waals surface area contributed by atoms with Gasteiger partial charge in [-0.05, 0) is 48.9 Å². The summed E-state index contributed by atoms with van der Waals surface area (Å²) in [5.74, 6) is -0.260. The number of nitrogens with two attached hydrogens (primary N) is 1. The molecule has 8 heteroatoms. The lowest BCUT2D eigenvalue weighted by atomic mass is 10.2. The number of nitrogens with zero attached hydrogens (tertiary/aromatic N) is 4. The van der Waals surface area contributed by atoms with Crippen molar-refractivity contribution in [3.8, 4) is 0 Å². The molecule has 0 unspecified atom stereocenters. The number of carbonyl (C=O) groups excluding carboxylic acids is 1. The minimum Gasteiger partial charge on any atom is -0.383 e. The molecule has 7 nitrogen and oxygen atoms in total. The van der Waals surface area contributed by atoms with Gasteiger partial charge in [0, 0.05) is 10.7 Å². The molecule has 0 bridgehead atoms. The number of hydrogen-bond donors (Lipinski definition) is 2. The highest BCUT2D eigenvalue weighted by atomic mass is 35.5. The van der Waals surface area contributed by atoms with Crippen LogP contribution < -0.4 is 11.1 Å². The van der Waals surface area contributed by atoms with Crippen LogP contribution in [0.2, 0.25) is 5.02 Å². The summed E-state index contributed by atoms with van der Waals surface area (Å²) in [7, 11) is 0. The maximum Gasteiger partial charge on any atom is 0.261 e. The molecular weight excluding hydrogens is 436 g/mol. The normalized spacial score (nSPS) is 11.5. The fourth-order valence-electron chi connectivity index (χ4n) is 3.59. The third kappa shape index (κ3) is 4.02. The fraction of sp³-hybridized carbons (Fsp3) is 0.0400. The van der Waals surface area contributed by atoms with Crippen molar-refractivity contribution in [1.82, 2.24) is 14.6 Å². The van der Waals surface area contributed by atoms with E-state index in [0.717, 1.165) is 11.1 Å². The van der Waals surface area contributed by atoms with E-state index in [1.165, 1.54) is 4.68 Å². The van der Waals surface area contributed by atoms with Gasteiger partial charge in [0.05, 0.1) is 17.2 Å². The first-order valence-electron chi connectivity index (χ1n) is 10.2. The Morgan fingerprint density at radius 2 is 1.76 bits per heavy atom. The highest BCUT2D eigenvalue weighted by Crippen LogP contribution is 2.29. The van der Waals surface area contributed by atoms with Crippen LogP contribution in [0.1, 0.15) is 21.5 Å². The molecule has 162 valence electrons. The number of para-hydroxylation sites is 2. The molecule has 0 aliphatic heterocycles. The molecule has 5 aromatic rings. The Hall–Kier alpha value is -4.23. The van der Waals surface area contributed by atoms with Gasteiger partial charge >= 0.3 is 0 Å². The van der Waals surface area contributed by atoms with Crippen molar-refractivity contribution < 1.29 is 4.79 Å². The molecule has 0 atom stereocenters. The number of benzene rings is 3. The lowest BCUT2D eigenvalue weighted by Gasteiger charge is -2.05. The Bertz CT molecular complexity index is 1540. The summed E-state index contributed by atoms with van der Waals surface area (Å²) < 4.78 is 1.45. The van der Waals surface area contributed by atoms with Crippen LogP contribution in [-0.4, -0.2) is 26.8 Å². The molecule has 33 heavy (non-hydrogen) atoms. The van der Waals surface area contributed by atoms with E-state index in [4.69, 9.17) is 22.3 Å². The Morgan fingerprint density at radius 3 is 2.48 bits per heavy atom. The molecule has 0 saturated heterocycles. The van der Waals surface area contributed by atoms with Crippen LogP contribution in [0.15, 0.2) is 77.9 Å². The molecule has 0 aliphatic rings. The van der Waals surface area contributed by atoms with Crippen molar-refractivity contribution in [1.29, 1.82) is 0 Å². The summed E-state index contributed by atoms with van der Waals surface area (Å²) >= 11 is 5.95. The zero-order valence-electron chi connectivity index (χ0n) is 17.7. The SMILES string of the molecule is Cc1cccc(/C=N/n2c(N)c(C(=O)Nc3ccc(Cl)cc3)c3nc4ccccc4nc32)c1. The standard InChI is InChI=1S/C25H19ClN6O/c1-15-5-4-6-16(13-15)14-28-32-23(27)21(25(33)29-18-11-9-17(26)10-12-18)22-24(32)31-20-8-3-2-7-19(20)30-22/h2-14H,27H2,1H3,(H,29,33)/b28-14+. The molecule has 2 heterocycles. The highest BCUT2D eigenvalue weighted by molar-refractivity contribution is 6.30. The van der Waals surface area contributed by atoms with Gasteiger partial charge in [-0.25, -0.2) is 9.97 Å². The molecule has 1 amide bonds. The largest absolute Gasteiger partial charge is 0.383 e. The van der Waals surface area contributed by atoms with E-state index in [1.54, 1.807) is 30.5 Å². The van der Waals surface area contributed by atoms with E-state index in [9.17, 15) is 4.79 Å². The quantitative estimate of drug-likeness (QED) is 0.362. The van der Waals surface area contributed by atoms with Gasteiger partial charge in [-0.2, -0.15) is 9.78 Å². The van der Waals surface area contributed by atoms with E-state index < -0.39 is 5.91 Å². The average molecular weight is 455 g/mol. The van der Waals surface area contributed by atoms with Gasteiger partial charge in [0.15, 0.2) is 5.65 Å². The average Bonchev–Trinajstić information content (AvgIpc) is 3.08. The van der Waals surface area contributed by atoms with Gasteiger partial charge in [-0.15, -0.1) is 0 Å². The van der Waals surface area contributed by atoms with Crippen LogP contribution in [0.4, 0.5) is 11.5 Å². The molecule has 0 radical (unpaired) electrons. The van der Waals surface area contributed by atoms with E-state index in [1.807, 2.05) is 55.5 Å². The van der Waals surface area contributed by atoms with Crippen molar-refractivity contribution in [3.63, 3.8) is 0 Å². The molecule has 5 rings (SSSR count). The summed E-state index contributed by atoms with van der Waals surface area (Å²) in [5.41, 5.74) is 11.4. The Balaban J connectivity index is 1.66. The topological polar surface area (TPSA) is 98.2 Å². The number of anilines is 2. The summed E-state index contributed by atoms with van der Waals surface area (Å²) in [5, 5.41) is 7.97. The molecular formula is C25H19ClN6O. The van der Waals surface area contributed by atoms with Crippen LogP contribution in [0.3, 0.4) is 0 Å². The Morgan fingerprint density at radius 1 is 1.03 bits per heavy atom. The first-order chi connectivity index (χ1) is 16.0. The van der Waals surface area contributed by atoms with Crippen molar-refractivity contribution >= 4 is 57.4 Å². The molecule has 3 aromatic carbocycles. The summed E-state index contributed by atoms with van der Waals surface area (Å²) in [6.07, 6.45) is 1.68. The summed E-state index contributed by atoms with van der Waals surface area (Å²) in [6, 6.07) is 22.2. The van der Waals surface area contributed by atoms with Crippen LogP contribution in [0, 0.1) is 6.92 Å². The number of rotatable bonds is 4. The molecule has 3 N–H and O–H groups in total. The van der Waals surface area contributed by atoms with Crippen LogP contribution >= 0.6 is 11.6 Å². The predicted octanol–water partition coefficient (Wildman–Crippen LogP) is 5.26. The number of aromatic nitrogens is 3. The van der Waals surface area contributed by atoms with Gasteiger partial charge in [-0.1, -0.05) is 53.6 Å². The number of hydrogen-bond acceptors (Lipinski definition) is 5. The number of halogens is 1. The summed E-state index contributed by atoms with van der Waals surface area (Å²) in [6.45, 7) is 2.01. The monoisotopic (exact) mass is 454 g/mol. The van der Waals surface area contributed by atoms with Crippen LogP contribution in [0.25, 0.3) is 22.2 Å². The van der Waals surface area contributed by atoms with Crippen molar-refractivity contribution in [2.75, 3.05) is 11.1 Å². The molecule has 0 aliphatic carbocycles. The number of aryl methyl sites for hydroxylation is 1. The second kappa shape index (κ2) is 8.37. The van der Waals surface area contributed by atoms with Gasteiger partial charge in [-0.3, -0.25) is 4.79 Å². The number of amides is 1. The zero-order valence-corrected chi connectivity index (χ0v) is 18.4. The highest BCUT2D eigenvalue weighted by Gasteiger charge is 2.24. The second-order valence-electron chi connectivity index (χ2n) is 7.58. The fourth-order valence-corrected chi connectivity index (χ4v) is 3.72. The van der Waals surface area contributed by atoms with Crippen molar-refractivity contribution in [2.24, 2.45) is 5.10 Å². The van der Waals surface area contributed by atoms with Crippen molar-refractivity contribution in [2.45, 2.75) is 6.92 Å². The number of nitrogen functional groups attached to an aromatic ring is 1. The van der Waals surface area contributed by atoms with Gasteiger partial charge < -0.3 is 11.1 Å². The van der Waals surface area contributed by atoms with E-state index >= 15 is 0 Å². The van der Waals surface area contributed by atoms with Crippen LogP contribution in [-0.2, 0) is 0 Å². The molecule has 0 saturated carbocycles. The number of carbonyl (C=O) groups is 1. The van der Waals surface area contributed by atoms with Crippen molar-refractivity contribution in [3.05, 3.63) is 94.5 Å². The third-order valence-electron chi connectivity index (χ3n) is 5.17. The molecule has 0 fully saturated rings. The maximum absolute atomic E-state index is 13.2. The van der Waals surface area contributed by atoms with Gasteiger partial charge in [0.2, 0.25) is 0 Å². The molecule has 0 spiro atoms. The first-order valence-corrected chi connectivity index (χ1v) is 10.6. The second-order valence-corrected chi connectivity index (χ2v) is 8.01. The van der Waals surface area contributed by atoms with E-state index in [2.05, 4.69) is 15.4 Å². The smallest absolute Gasteiger partial charge is 0.261 e. The maximum atomic E-state index is 13.2. The van der Waals surface area contributed by atoms with Crippen LogP contribution in [0.5, 0.6) is 0 Å². The third-order valence-corrected chi connectivity index (χ3v) is 5.42. The minimum atomic E-state index is -0.408. The number of fused-ring (bicyclic) bond motifs is 2. The van der Waals surface area contributed by atoms with E-state index in [0.29, 0.717) is 32.9 Å². The Kier molecular flexibility index (Phi) is 5.24. The summed E-state index contributed by atoms with van der Waals surface area (Å²) in [4.78, 5) is 22.6. The number of nitrogens with one attached hydrogen (secondary N) is 1. The first kappa shape index (κ1) is 20.7.